The van der Waals surface area contributed by atoms with Gasteiger partial charge in [0.25, 0.3) is 0 Å². The number of aliphatic hydroxyl groups is 1. The lowest BCUT2D eigenvalue weighted by atomic mass is 10.1. The molecule has 2 aromatic rings. The van der Waals surface area contributed by atoms with Crippen LogP contribution in [0.2, 0.25) is 10.0 Å². The van der Waals surface area contributed by atoms with E-state index in [-0.39, 0.29) is 12.6 Å². The second-order valence-corrected chi connectivity index (χ2v) is 6.77. The van der Waals surface area contributed by atoms with Gasteiger partial charge in [-0.15, -0.1) is 0 Å². The Hall–Kier alpha value is -1.46. The van der Waals surface area contributed by atoms with Crippen LogP contribution in [0.5, 0.6) is 11.5 Å². The number of benzene rings is 2. The Morgan fingerprint density at radius 1 is 1.04 bits per heavy atom. The Kier molecular flexibility index (Phi) is 8.52. The zero-order chi connectivity index (χ0) is 18.9. The minimum absolute atomic E-state index is 0.0603. The zero-order valence-electron chi connectivity index (χ0n) is 15.1. The SMILES string of the molecule is CCOc1cc(CN[C@H](CC)CO)cc(Cl)c1OCc1ccc(Cl)cc1. The van der Waals surface area contributed by atoms with E-state index >= 15 is 0 Å². The Morgan fingerprint density at radius 2 is 1.77 bits per heavy atom. The highest BCUT2D eigenvalue weighted by Crippen LogP contribution is 2.37. The van der Waals surface area contributed by atoms with Crippen LogP contribution in [0.1, 0.15) is 31.4 Å². The molecule has 0 aliphatic heterocycles. The third-order valence-electron chi connectivity index (χ3n) is 3.97. The maximum absolute atomic E-state index is 9.30. The highest BCUT2D eigenvalue weighted by molar-refractivity contribution is 6.32. The van der Waals surface area contributed by atoms with E-state index in [0.29, 0.717) is 41.3 Å². The fourth-order valence-electron chi connectivity index (χ4n) is 2.46. The van der Waals surface area contributed by atoms with Crippen LogP contribution >= 0.6 is 23.2 Å². The first kappa shape index (κ1) is 20.8. The van der Waals surface area contributed by atoms with Crippen molar-refractivity contribution in [2.75, 3.05) is 13.2 Å². The van der Waals surface area contributed by atoms with Crippen molar-refractivity contribution < 1.29 is 14.6 Å². The number of aliphatic hydroxyl groups excluding tert-OH is 1. The lowest BCUT2D eigenvalue weighted by molar-refractivity contribution is 0.238. The molecule has 0 amide bonds. The molecule has 2 rings (SSSR count). The fourth-order valence-corrected chi connectivity index (χ4v) is 2.88. The second-order valence-electron chi connectivity index (χ2n) is 5.92. The van der Waals surface area contributed by atoms with Crippen molar-refractivity contribution in [3.05, 3.63) is 57.6 Å². The van der Waals surface area contributed by atoms with Gasteiger partial charge in [-0.2, -0.15) is 0 Å². The first-order valence-electron chi connectivity index (χ1n) is 8.74. The molecular weight excluding hydrogens is 373 g/mol. The summed E-state index contributed by atoms with van der Waals surface area (Å²) < 4.78 is 11.6. The van der Waals surface area contributed by atoms with Crippen molar-refractivity contribution in [2.24, 2.45) is 0 Å². The van der Waals surface area contributed by atoms with Gasteiger partial charge < -0.3 is 19.9 Å². The molecule has 0 bridgehead atoms. The average Bonchev–Trinajstić information content (AvgIpc) is 2.63. The van der Waals surface area contributed by atoms with Gasteiger partial charge in [-0.1, -0.05) is 42.3 Å². The number of halogens is 2. The quantitative estimate of drug-likeness (QED) is 0.602. The molecule has 142 valence electrons. The van der Waals surface area contributed by atoms with Gasteiger partial charge in [0.2, 0.25) is 0 Å². The molecule has 0 radical (unpaired) electrons. The Balaban J connectivity index is 2.13. The topological polar surface area (TPSA) is 50.7 Å². The molecule has 1 atom stereocenters. The van der Waals surface area contributed by atoms with E-state index in [2.05, 4.69) is 5.32 Å². The van der Waals surface area contributed by atoms with E-state index in [4.69, 9.17) is 32.7 Å². The summed E-state index contributed by atoms with van der Waals surface area (Å²) in [6.07, 6.45) is 0.852. The normalized spacial score (nSPS) is 12.0. The van der Waals surface area contributed by atoms with Crippen molar-refractivity contribution in [1.29, 1.82) is 0 Å². The van der Waals surface area contributed by atoms with Gasteiger partial charge in [0.15, 0.2) is 11.5 Å². The Morgan fingerprint density at radius 3 is 2.38 bits per heavy atom. The summed E-state index contributed by atoms with van der Waals surface area (Å²) in [5.41, 5.74) is 1.97. The van der Waals surface area contributed by atoms with E-state index in [1.165, 1.54) is 0 Å². The molecule has 2 aromatic carbocycles. The third kappa shape index (κ3) is 6.06. The van der Waals surface area contributed by atoms with Gasteiger partial charge in [0.05, 0.1) is 18.2 Å². The van der Waals surface area contributed by atoms with Crippen LogP contribution in [-0.4, -0.2) is 24.4 Å². The third-order valence-corrected chi connectivity index (χ3v) is 4.51. The molecule has 0 unspecified atom stereocenters. The lowest BCUT2D eigenvalue weighted by Gasteiger charge is -2.17. The largest absolute Gasteiger partial charge is 0.490 e. The molecule has 0 aliphatic rings. The number of hydrogen-bond acceptors (Lipinski definition) is 4. The molecule has 6 heteroatoms. The monoisotopic (exact) mass is 397 g/mol. The minimum atomic E-state index is 0.0603. The number of ether oxygens (including phenoxy) is 2. The van der Waals surface area contributed by atoms with Crippen LogP contribution in [0.25, 0.3) is 0 Å². The summed E-state index contributed by atoms with van der Waals surface area (Å²) >= 11 is 12.3. The number of hydrogen-bond donors (Lipinski definition) is 2. The predicted octanol–water partition coefficient (Wildman–Crippen LogP) is 4.83. The smallest absolute Gasteiger partial charge is 0.180 e. The van der Waals surface area contributed by atoms with Crippen molar-refractivity contribution in [1.82, 2.24) is 5.32 Å². The standard InChI is InChI=1S/C20H25Cl2NO3/c1-3-17(12-24)23-11-15-9-18(22)20(19(10-15)25-4-2)26-13-14-5-7-16(21)8-6-14/h5-10,17,23-24H,3-4,11-13H2,1-2H3/t17-/m1/s1. The number of nitrogens with one attached hydrogen (secondary N) is 1. The van der Waals surface area contributed by atoms with Crippen LogP contribution in [0.15, 0.2) is 36.4 Å². The van der Waals surface area contributed by atoms with Crippen LogP contribution in [0.4, 0.5) is 0 Å². The van der Waals surface area contributed by atoms with Gasteiger partial charge in [0, 0.05) is 17.6 Å². The summed E-state index contributed by atoms with van der Waals surface area (Å²) in [7, 11) is 0. The highest BCUT2D eigenvalue weighted by Gasteiger charge is 2.14. The molecule has 0 fully saturated rings. The molecule has 0 saturated heterocycles. The van der Waals surface area contributed by atoms with Crippen LogP contribution in [0, 0.1) is 0 Å². The predicted molar refractivity (Wildman–Crippen MR) is 106 cm³/mol. The molecular formula is C20H25Cl2NO3. The average molecular weight is 398 g/mol. The van der Waals surface area contributed by atoms with E-state index in [1.807, 2.05) is 50.2 Å². The Bertz CT molecular complexity index is 688. The van der Waals surface area contributed by atoms with Gasteiger partial charge in [-0.25, -0.2) is 0 Å². The molecule has 0 aromatic heterocycles. The molecule has 0 aliphatic carbocycles. The van der Waals surface area contributed by atoms with Crippen molar-refractivity contribution >= 4 is 23.2 Å². The maximum Gasteiger partial charge on any atom is 0.180 e. The summed E-state index contributed by atoms with van der Waals surface area (Å²) in [6.45, 7) is 5.53. The van der Waals surface area contributed by atoms with Crippen LogP contribution in [-0.2, 0) is 13.2 Å². The van der Waals surface area contributed by atoms with Crippen molar-refractivity contribution in [3.8, 4) is 11.5 Å². The molecule has 0 spiro atoms. The summed E-state index contributed by atoms with van der Waals surface area (Å²) in [4.78, 5) is 0. The summed E-state index contributed by atoms with van der Waals surface area (Å²) in [5.74, 6) is 1.14. The second kappa shape index (κ2) is 10.6. The number of rotatable bonds is 10. The van der Waals surface area contributed by atoms with E-state index < -0.39 is 0 Å². The maximum atomic E-state index is 9.30. The van der Waals surface area contributed by atoms with Crippen LogP contribution < -0.4 is 14.8 Å². The zero-order valence-corrected chi connectivity index (χ0v) is 16.6. The van der Waals surface area contributed by atoms with Gasteiger partial charge in [-0.05, 0) is 48.7 Å². The van der Waals surface area contributed by atoms with E-state index in [0.717, 1.165) is 17.5 Å². The van der Waals surface area contributed by atoms with Crippen molar-refractivity contribution in [3.63, 3.8) is 0 Å². The van der Waals surface area contributed by atoms with E-state index in [9.17, 15) is 5.11 Å². The van der Waals surface area contributed by atoms with Gasteiger partial charge >= 0.3 is 0 Å². The molecule has 0 heterocycles. The lowest BCUT2D eigenvalue weighted by Crippen LogP contribution is -2.31. The van der Waals surface area contributed by atoms with Crippen LogP contribution in [0.3, 0.4) is 0 Å². The Labute approximate surface area is 165 Å². The highest BCUT2D eigenvalue weighted by atomic mass is 35.5. The first-order valence-corrected chi connectivity index (χ1v) is 9.49. The van der Waals surface area contributed by atoms with E-state index in [1.54, 1.807) is 0 Å². The molecule has 26 heavy (non-hydrogen) atoms. The van der Waals surface area contributed by atoms with Crippen molar-refractivity contribution in [2.45, 2.75) is 39.5 Å². The first-order chi connectivity index (χ1) is 12.6. The molecule has 2 N–H and O–H groups in total. The van der Waals surface area contributed by atoms with Gasteiger partial charge in [-0.3, -0.25) is 0 Å². The summed E-state index contributed by atoms with van der Waals surface area (Å²) in [5, 5.41) is 13.8. The fraction of sp³-hybridized carbons (Fsp3) is 0.400. The molecule has 0 saturated carbocycles. The summed E-state index contributed by atoms with van der Waals surface area (Å²) in [6, 6.07) is 11.3. The molecule has 4 nitrogen and oxygen atoms in total. The van der Waals surface area contributed by atoms with Gasteiger partial charge in [0.1, 0.15) is 6.61 Å². The minimum Gasteiger partial charge on any atom is -0.490 e.